The average molecular weight is 255 g/mol. The molecule has 0 aromatic rings. The van der Waals surface area contributed by atoms with Gasteiger partial charge >= 0.3 is 0 Å². The fourth-order valence-electron chi connectivity index (χ4n) is 0.552. The summed E-state index contributed by atoms with van der Waals surface area (Å²) in [5.74, 6) is 0. The van der Waals surface area contributed by atoms with Gasteiger partial charge in [-0.2, -0.15) is 0 Å². The average Bonchev–Trinajstić information content (AvgIpc) is 1.82. The molecule has 1 atom stereocenters. The Morgan fingerprint density at radius 1 is 1.80 bits per heavy atom. The molecular formula is C6H10INO2. The van der Waals surface area contributed by atoms with Crippen LogP contribution < -0.4 is 0 Å². The maximum atomic E-state index is 9.95. The van der Waals surface area contributed by atoms with Crippen LogP contribution in [-0.4, -0.2) is 15.4 Å². The van der Waals surface area contributed by atoms with Crippen molar-refractivity contribution in [3.05, 3.63) is 22.8 Å². The zero-order chi connectivity index (χ0) is 7.98. The van der Waals surface area contributed by atoms with Crippen LogP contribution in [0.5, 0.6) is 0 Å². The molecule has 1 unspecified atom stereocenters. The third kappa shape index (κ3) is 6.00. The molecule has 0 saturated carbocycles. The molecule has 58 valence electrons. The molecule has 0 amide bonds. The van der Waals surface area contributed by atoms with Crippen LogP contribution in [0.15, 0.2) is 12.7 Å². The third-order valence-corrected chi connectivity index (χ3v) is 2.05. The van der Waals surface area contributed by atoms with Crippen molar-refractivity contribution in [2.75, 3.05) is 6.54 Å². The van der Waals surface area contributed by atoms with Gasteiger partial charge in [-0.25, -0.2) is 0 Å². The Morgan fingerprint density at radius 2 is 2.40 bits per heavy atom. The number of halogens is 1. The van der Waals surface area contributed by atoms with Crippen molar-refractivity contribution < 1.29 is 4.92 Å². The van der Waals surface area contributed by atoms with E-state index in [1.807, 2.05) is 0 Å². The highest BCUT2D eigenvalue weighted by molar-refractivity contribution is 14.1. The lowest BCUT2D eigenvalue weighted by molar-refractivity contribution is -0.478. The van der Waals surface area contributed by atoms with Gasteiger partial charge in [0.05, 0.1) is 3.92 Å². The van der Waals surface area contributed by atoms with Crippen molar-refractivity contribution in [3.8, 4) is 0 Å². The van der Waals surface area contributed by atoms with E-state index in [0.717, 1.165) is 12.8 Å². The van der Waals surface area contributed by atoms with E-state index in [0.29, 0.717) is 0 Å². The lowest BCUT2D eigenvalue weighted by Gasteiger charge is -2.00. The summed E-state index contributed by atoms with van der Waals surface area (Å²) in [4.78, 5) is 9.67. The summed E-state index contributed by atoms with van der Waals surface area (Å²) >= 11 is 2.09. The van der Waals surface area contributed by atoms with Crippen molar-refractivity contribution in [2.45, 2.75) is 16.8 Å². The van der Waals surface area contributed by atoms with Gasteiger partial charge in [-0.1, -0.05) is 28.7 Å². The summed E-state index contributed by atoms with van der Waals surface area (Å²) in [6.07, 6.45) is 3.50. The SMILES string of the molecule is C=CCCC(I)C[N+](=O)[O-]. The van der Waals surface area contributed by atoms with E-state index >= 15 is 0 Å². The van der Waals surface area contributed by atoms with E-state index < -0.39 is 0 Å². The molecule has 0 aliphatic carbocycles. The van der Waals surface area contributed by atoms with Gasteiger partial charge in [0.2, 0.25) is 6.54 Å². The molecule has 0 aromatic heterocycles. The Morgan fingerprint density at radius 3 is 2.80 bits per heavy atom. The Balaban J connectivity index is 3.33. The van der Waals surface area contributed by atoms with Gasteiger partial charge < -0.3 is 0 Å². The summed E-state index contributed by atoms with van der Waals surface area (Å²) in [7, 11) is 0. The van der Waals surface area contributed by atoms with Crippen molar-refractivity contribution in [3.63, 3.8) is 0 Å². The van der Waals surface area contributed by atoms with E-state index in [2.05, 4.69) is 29.2 Å². The number of nitrogens with zero attached hydrogens (tertiary/aromatic N) is 1. The molecule has 0 spiro atoms. The quantitative estimate of drug-likeness (QED) is 0.248. The van der Waals surface area contributed by atoms with Crippen LogP contribution in [0.25, 0.3) is 0 Å². The number of hydrogen-bond acceptors (Lipinski definition) is 2. The topological polar surface area (TPSA) is 43.1 Å². The van der Waals surface area contributed by atoms with E-state index in [9.17, 15) is 10.1 Å². The highest BCUT2D eigenvalue weighted by atomic mass is 127. The Hall–Kier alpha value is -0.130. The van der Waals surface area contributed by atoms with Gasteiger partial charge in [0, 0.05) is 4.92 Å². The molecule has 0 N–H and O–H groups in total. The zero-order valence-corrected chi connectivity index (χ0v) is 7.78. The minimum absolute atomic E-state index is 0.0639. The lowest BCUT2D eigenvalue weighted by atomic mass is 10.2. The lowest BCUT2D eigenvalue weighted by Crippen LogP contribution is -2.12. The molecule has 0 bridgehead atoms. The summed E-state index contributed by atoms with van der Waals surface area (Å²) in [5.41, 5.74) is 0. The number of nitro groups is 1. The molecule has 4 heteroatoms. The first-order chi connectivity index (χ1) is 4.66. The molecule has 0 heterocycles. The van der Waals surface area contributed by atoms with E-state index in [1.54, 1.807) is 6.08 Å². The fraction of sp³-hybridized carbons (Fsp3) is 0.667. The Bertz CT molecular complexity index is 127. The van der Waals surface area contributed by atoms with Crippen LogP contribution in [0.1, 0.15) is 12.8 Å². The molecule has 0 fully saturated rings. The number of rotatable bonds is 5. The summed E-state index contributed by atoms with van der Waals surface area (Å²) in [6.45, 7) is 3.60. The predicted octanol–water partition coefficient (Wildman–Crippen LogP) is 2.03. The van der Waals surface area contributed by atoms with Crippen LogP contribution in [0, 0.1) is 10.1 Å². The van der Waals surface area contributed by atoms with Crippen molar-refractivity contribution >= 4 is 22.6 Å². The highest BCUT2D eigenvalue weighted by Gasteiger charge is 2.08. The molecule has 10 heavy (non-hydrogen) atoms. The maximum Gasteiger partial charge on any atom is 0.215 e. The monoisotopic (exact) mass is 255 g/mol. The second kappa shape index (κ2) is 5.64. The van der Waals surface area contributed by atoms with Crippen LogP contribution in [-0.2, 0) is 0 Å². The van der Waals surface area contributed by atoms with Gasteiger partial charge in [0.1, 0.15) is 0 Å². The highest BCUT2D eigenvalue weighted by Crippen LogP contribution is 2.08. The molecule has 0 rings (SSSR count). The van der Waals surface area contributed by atoms with Crippen LogP contribution in [0.2, 0.25) is 0 Å². The van der Waals surface area contributed by atoms with Crippen LogP contribution in [0.3, 0.4) is 0 Å². The van der Waals surface area contributed by atoms with Crippen LogP contribution in [0.4, 0.5) is 0 Å². The molecular weight excluding hydrogens is 245 g/mol. The van der Waals surface area contributed by atoms with Gasteiger partial charge in [-0.15, -0.1) is 6.58 Å². The number of allylic oxidation sites excluding steroid dienone is 1. The molecule has 0 aromatic carbocycles. The second-order valence-corrected chi connectivity index (χ2v) is 3.74. The van der Waals surface area contributed by atoms with Gasteiger partial charge in [-0.3, -0.25) is 10.1 Å². The first kappa shape index (κ1) is 9.87. The molecule has 0 aliphatic heterocycles. The summed E-state index contributed by atoms with van der Waals surface area (Å²) in [5, 5.41) is 9.95. The van der Waals surface area contributed by atoms with E-state index in [4.69, 9.17) is 0 Å². The second-order valence-electron chi connectivity index (χ2n) is 1.98. The largest absolute Gasteiger partial charge is 0.265 e. The van der Waals surface area contributed by atoms with Crippen molar-refractivity contribution in [1.82, 2.24) is 0 Å². The molecule has 3 nitrogen and oxygen atoms in total. The van der Waals surface area contributed by atoms with Crippen molar-refractivity contribution in [1.29, 1.82) is 0 Å². The molecule has 0 aliphatic rings. The first-order valence-corrected chi connectivity index (χ1v) is 4.28. The number of alkyl halides is 1. The predicted molar refractivity (Wildman–Crippen MR) is 49.1 cm³/mol. The van der Waals surface area contributed by atoms with Gasteiger partial charge in [0.25, 0.3) is 0 Å². The third-order valence-electron chi connectivity index (χ3n) is 1.03. The van der Waals surface area contributed by atoms with Crippen molar-refractivity contribution in [2.24, 2.45) is 0 Å². The summed E-state index contributed by atoms with van der Waals surface area (Å²) in [6, 6.07) is 0. The van der Waals surface area contributed by atoms with Crippen LogP contribution >= 0.6 is 22.6 Å². The normalized spacial score (nSPS) is 12.5. The molecule has 0 radical (unpaired) electrons. The summed E-state index contributed by atoms with van der Waals surface area (Å²) < 4.78 is 0.144. The number of hydrogen-bond donors (Lipinski definition) is 0. The maximum absolute atomic E-state index is 9.95. The first-order valence-electron chi connectivity index (χ1n) is 3.03. The van der Waals surface area contributed by atoms with E-state index in [-0.39, 0.29) is 15.4 Å². The minimum atomic E-state index is -0.278. The Kier molecular flexibility index (Phi) is 5.57. The van der Waals surface area contributed by atoms with Gasteiger partial charge in [-0.05, 0) is 12.8 Å². The van der Waals surface area contributed by atoms with E-state index in [1.165, 1.54) is 0 Å². The minimum Gasteiger partial charge on any atom is -0.265 e. The Labute approximate surface area is 73.8 Å². The fourth-order valence-corrected chi connectivity index (χ4v) is 1.23. The van der Waals surface area contributed by atoms with Gasteiger partial charge in [0.15, 0.2) is 0 Å². The smallest absolute Gasteiger partial charge is 0.215 e. The molecule has 0 saturated heterocycles. The zero-order valence-electron chi connectivity index (χ0n) is 5.62. The standard InChI is InChI=1S/C6H10INO2/c1-2-3-4-6(7)5-8(9)10/h2,6H,1,3-5H2.